The summed E-state index contributed by atoms with van der Waals surface area (Å²) in [6.45, 7) is 1.92. The predicted octanol–water partition coefficient (Wildman–Crippen LogP) is 2.94. The van der Waals surface area contributed by atoms with Gasteiger partial charge in [-0.1, -0.05) is 37.3 Å². The van der Waals surface area contributed by atoms with Crippen molar-refractivity contribution < 1.29 is 4.79 Å². The van der Waals surface area contributed by atoms with Crippen LogP contribution in [0.25, 0.3) is 0 Å². The number of carbonyl (C=O) groups is 1. The molecule has 1 aromatic rings. The SMILES string of the molecule is CCCC(N)=O.NC1CCC(c2ccccc2)CC1. The fourth-order valence-corrected chi connectivity index (χ4v) is 2.42. The van der Waals surface area contributed by atoms with Crippen molar-refractivity contribution in [2.24, 2.45) is 11.5 Å². The molecule has 0 aromatic heterocycles. The second kappa shape index (κ2) is 8.70. The molecule has 3 nitrogen and oxygen atoms in total. The van der Waals surface area contributed by atoms with E-state index >= 15 is 0 Å². The van der Waals surface area contributed by atoms with E-state index in [0.29, 0.717) is 12.5 Å². The van der Waals surface area contributed by atoms with Gasteiger partial charge in [-0.25, -0.2) is 0 Å². The smallest absolute Gasteiger partial charge is 0.217 e. The summed E-state index contributed by atoms with van der Waals surface area (Å²) in [7, 11) is 0. The molecule has 1 aliphatic rings. The summed E-state index contributed by atoms with van der Waals surface area (Å²) in [6.07, 6.45) is 6.30. The van der Waals surface area contributed by atoms with Gasteiger partial charge in [-0.15, -0.1) is 0 Å². The third-order valence-corrected chi connectivity index (χ3v) is 3.54. The van der Waals surface area contributed by atoms with E-state index in [1.807, 2.05) is 6.92 Å². The molecular weight excluding hydrogens is 236 g/mol. The monoisotopic (exact) mass is 262 g/mol. The molecule has 0 aliphatic heterocycles. The van der Waals surface area contributed by atoms with Crippen LogP contribution in [0.4, 0.5) is 0 Å². The Bertz CT molecular complexity index is 356. The van der Waals surface area contributed by atoms with Gasteiger partial charge in [0, 0.05) is 12.5 Å². The molecule has 0 atom stereocenters. The van der Waals surface area contributed by atoms with Crippen molar-refractivity contribution >= 4 is 5.91 Å². The van der Waals surface area contributed by atoms with E-state index in [1.54, 1.807) is 0 Å². The van der Waals surface area contributed by atoms with Gasteiger partial charge in [0.1, 0.15) is 0 Å². The van der Waals surface area contributed by atoms with E-state index in [9.17, 15) is 4.79 Å². The lowest BCUT2D eigenvalue weighted by atomic mass is 9.82. The lowest BCUT2D eigenvalue weighted by Gasteiger charge is -2.26. The minimum atomic E-state index is -0.211. The first-order valence-corrected chi connectivity index (χ1v) is 7.22. The maximum Gasteiger partial charge on any atom is 0.217 e. The molecule has 4 N–H and O–H groups in total. The number of hydrogen-bond acceptors (Lipinski definition) is 2. The Morgan fingerprint density at radius 2 is 1.74 bits per heavy atom. The summed E-state index contributed by atoms with van der Waals surface area (Å²) in [4.78, 5) is 9.82. The summed E-state index contributed by atoms with van der Waals surface area (Å²) in [5.74, 6) is 0.554. The van der Waals surface area contributed by atoms with Gasteiger partial charge in [-0.2, -0.15) is 0 Å². The maximum absolute atomic E-state index is 9.82. The molecular formula is C16H26N2O. The van der Waals surface area contributed by atoms with Crippen molar-refractivity contribution in [3.63, 3.8) is 0 Å². The van der Waals surface area contributed by atoms with Crippen LogP contribution in [0.15, 0.2) is 30.3 Å². The van der Waals surface area contributed by atoms with Crippen molar-refractivity contribution in [2.75, 3.05) is 0 Å². The Kier molecular flexibility index (Phi) is 7.19. The van der Waals surface area contributed by atoms with Crippen LogP contribution in [0.2, 0.25) is 0 Å². The second-order valence-corrected chi connectivity index (χ2v) is 5.24. The summed E-state index contributed by atoms with van der Waals surface area (Å²) in [5.41, 5.74) is 12.1. The van der Waals surface area contributed by atoms with Crippen LogP contribution >= 0.6 is 0 Å². The molecule has 0 spiro atoms. The van der Waals surface area contributed by atoms with E-state index in [-0.39, 0.29) is 5.91 Å². The zero-order valence-electron chi connectivity index (χ0n) is 11.8. The van der Waals surface area contributed by atoms with Gasteiger partial charge >= 0.3 is 0 Å². The Labute approximate surface area is 116 Å². The molecule has 0 heterocycles. The molecule has 0 radical (unpaired) electrons. The lowest BCUT2D eigenvalue weighted by molar-refractivity contribution is -0.118. The largest absolute Gasteiger partial charge is 0.370 e. The summed E-state index contributed by atoms with van der Waals surface area (Å²) in [6, 6.07) is 11.3. The van der Waals surface area contributed by atoms with E-state index in [1.165, 1.54) is 31.2 Å². The van der Waals surface area contributed by atoms with E-state index in [4.69, 9.17) is 11.5 Å². The first-order chi connectivity index (χ1) is 9.13. The van der Waals surface area contributed by atoms with Crippen molar-refractivity contribution in [3.05, 3.63) is 35.9 Å². The third kappa shape index (κ3) is 6.39. The molecule has 0 bridgehead atoms. The molecule has 1 saturated carbocycles. The molecule has 1 amide bonds. The number of rotatable bonds is 3. The Morgan fingerprint density at radius 1 is 1.16 bits per heavy atom. The van der Waals surface area contributed by atoms with Crippen molar-refractivity contribution in [1.29, 1.82) is 0 Å². The predicted molar refractivity (Wildman–Crippen MR) is 79.7 cm³/mol. The molecule has 19 heavy (non-hydrogen) atoms. The first kappa shape index (κ1) is 15.7. The number of carbonyl (C=O) groups excluding carboxylic acids is 1. The van der Waals surface area contributed by atoms with Gasteiger partial charge in [0.05, 0.1) is 0 Å². The fraction of sp³-hybridized carbons (Fsp3) is 0.562. The highest BCUT2D eigenvalue weighted by atomic mass is 16.1. The lowest BCUT2D eigenvalue weighted by Crippen LogP contribution is -2.25. The van der Waals surface area contributed by atoms with Gasteiger partial charge in [-0.05, 0) is 43.6 Å². The molecule has 1 aliphatic carbocycles. The van der Waals surface area contributed by atoms with Crippen LogP contribution in [-0.2, 0) is 4.79 Å². The van der Waals surface area contributed by atoms with E-state index in [0.717, 1.165) is 12.3 Å². The average Bonchev–Trinajstić information content (AvgIpc) is 2.41. The van der Waals surface area contributed by atoms with Crippen LogP contribution in [0.5, 0.6) is 0 Å². The number of hydrogen-bond donors (Lipinski definition) is 2. The molecule has 1 fully saturated rings. The number of benzene rings is 1. The van der Waals surface area contributed by atoms with Gasteiger partial charge in [0.25, 0.3) is 0 Å². The Morgan fingerprint density at radius 3 is 2.16 bits per heavy atom. The summed E-state index contributed by atoms with van der Waals surface area (Å²) >= 11 is 0. The van der Waals surface area contributed by atoms with Gasteiger partial charge in [-0.3, -0.25) is 4.79 Å². The number of primary amides is 1. The number of amides is 1. The Hall–Kier alpha value is -1.35. The van der Waals surface area contributed by atoms with E-state index < -0.39 is 0 Å². The highest BCUT2D eigenvalue weighted by molar-refractivity contribution is 5.73. The quantitative estimate of drug-likeness (QED) is 0.879. The van der Waals surface area contributed by atoms with E-state index in [2.05, 4.69) is 30.3 Å². The summed E-state index contributed by atoms with van der Waals surface area (Å²) in [5, 5.41) is 0. The zero-order valence-corrected chi connectivity index (χ0v) is 11.8. The maximum atomic E-state index is 9.82. The molecule has 0 unspecified atom stereocenters. The average molecular weight is 262 g/mol. The Balaban J connectivity index is 0.000000258. The van der Waals surface area contributed by atoms with Crippen molar-refractivity contribution in [2.45, 2.75) is 57.4 Å². The fourth-order valence-electron chi connectivity index (χ4n) is 2.42. The van der Waals surface area contributed by atoms with Gasteiger partial charge < -0.3 is 11.5 Å². The van der Waals surface area contributed by atoms with Crippen LogP contribution in [0, 0.1) is 0 Å². The molecule has 3 heteroatoms. The van der Waals surface area contributed by atoms with Gasteiger partial charge in [0.2, 0.25) is 5.91 Å². The molecule has 0 saturated heterocycles. The normalized spacial score (nSPS) is 22.2. The minimum Gasteiger partial charge on any atom is -0.370 e. The van der Waals surface area contributed by atoms with Crippen LogP contribution in [-0.4, -0.2) is 11.9 Å². The summed E-state index contributed by atoms with van der Waals surface area (Å²) < 4.78 is 0. The highest BCUT2D eigenvalue weighted by Gasteiger charge is 2.19. The van der Waals surface area contributed by atoms with Crippen LogP contribution in [0.3, 0.4) is 0 Å². The topological polar surface area (TPSA) is 69.1 Å². The molecule has 2 rings (SSSR count). The van der Waals surface area contributed by atoms with Crippen molar-refractivity contribution in [3.8, 4) is 0 Å². The van der Waals surface area contributed by atoms with Crippen LogP contribution < -0.4 is 11.5 Å². The van der Waals surface area contributed by atoms with Crippen LogP contribution in [0.1, 0.15) is 56.9 Å². The minimum absolute atomic E-state index is 0.211. The third-order valence-electron chi connectivity index (χ3n) is 3.54. The zero-order chi connectivity index (χ0) is 14.1. The standard InChI is InChI=1S/C12H17N.C4H9NO/c13-12-8-6-11(7-9-12)10-4-2-1-3-5-10;1-2-3-4(5)6/h1-5,11-12H,6-9,13H2;2-3H2,1H3,(H2,5,6). The molecule has 106 valence electrons. The highest BCUT2D eigenvalue weighted by Crippen LogP contribution is 2.31. The first-order valence-electron chi connectivity index (χ1n) is 7.22. The number of nitrogens with two attached hydrogens (primary N) is 2. The molecule has 1 aromatic carbocycles. The van der Waals surface area contributed by atoms with Gasteiger partial charge in [0.15, 0.2) is 0 Å². The van der Waals surface area contributed by atoms with Crippen molar-refractivity contribution in [1.82, 2.24) is 0 Å². The second-order valence-electron chi connectivity index (χ2n) is 5.24.